The van der Waals surface area contributed by atoms with Crippen LogP contribution in [-0.4, -0.2) is 31.8 Å². The van der Waals surface area contributed by atoms with Crippen molar-refractivity contribution in [3.05, 3.63) is 64.0 Å². The minimum atomic E-state index is -0.292. The molecular formula is C20H22ClN5O2. The molecule has 3 aromatic rings. The maximum absolute atomic E-state index is 12.8. The van der Waals surface area contributed by atoms with Gasteiger partial charge >= 0.3 is 0 Å². The minimum absolute atomic E-state index is 0.208. The first-order valence-electron chi connectivity index (χ1n) is 9.22. The molecule has 0 bridgehead atoms. The molecule has 1 N–H and O–H groups in total. The minimum Gasteiger partial charge on any atom is -0.373 e. The van der Waals surface area contributed by atoms with Gasteiger partial charge in [-0.3, -0.25) is 4.79 Å². The van der Waals surface area contributed by atoms with E-state index >= 15 is 0 Å². The number of carbonyl (C=O) groups is 1. The van der Waals surface area contributed by atoms with Crippen molar-refractivity contribution in [1.82, 2.24) is 24.6 Å². The van der Waals surface area contributed by atoms with E-state index in [0.29, 0.717) is 23.9 Å². The molecule has 0 spiro atoms. The average molecular weight is 400 g/mol. The van der Waals surface area contributed by atoms with Gasteiger partial charge in [-0.2, -0.15) is 5.10 Å². The second kappa shape index (κ2) is 7.41. The van der Waals surface area contributed by atoms with Crippen LogP contribution in [0.4, 0.5) is 0 Å². The second-order valence-corrected chi connectivity index (χ2v) is 7.32. The second-order valence-electron chi connectivity index (χ2n) is 6.91. The van der Waals surface area contributed by atoms with Crippen LogP contribution in [0.2, 0.25) is 5.02 Å². The van der Waals surface area contributed by atoms with E-state index < -0.39 is 0 Å². The molecule has 7 nitrogen and oxygen atoms in total. The highest BCUT2D eigenvalue weighted by Gasteiger charge is 2.29. The first-order chi connectivity index (χ1) is 13.5. The highest BCUT2D eigenvalue weighted by atomic mass is 35.5. The third-order valence-corrected chi connectivity index (χ3v) is 5.42. The Morgan fingerprint density at radius 3 is 3.00 bits per heavy atom. The van der Waals surface area contributed by atoms with E-state index in [4.69, 9.17) is 16.3 Å². The Labute approximate surface area is 168 Å². The molecule has 0 radical (unpaired) electrons. The average Bonchev–Trinajstić information content (AvgIpc) is 3.26. The van der Waals surface area contributed by atoms with Crippen molar-refractivity contribution in [2.75, 3.05) is 6.61 Å². The fourth-order valence-electron chi connectivity index (χ4n) is 3.68. The zero-order chi connectivity index (χ0) is 19.8. The Kier molecular flexibility index (Phi) is 4.95. The van der Waals surface area contributed by atoms with E-state index in [-0.39, 0.29) is 11.9 Å². The summed E-state index contributed by atoms with van der Waals surface area (Å²) in [6.45, 7) is 4.80. The van der Waals surface area contributed by atoms with Crippen molar-refractivity contribution in [1.29, 1.82) is 0 Å². The Morgan fingerprint density at radius 1 is 1.43 bits per heavy atom. The molecule has 0 unspecified atom stereocenters. The quantitative estimate of drug-likeness (QED) is 0.731. The lowest BCUT2D eigenvalue weighted by molar-refractivity contribution is 0.0684. The Morgan fingerprint density at radius 2 is 2.25 bits per heavy atom. The molecular weight excluding hydrogens is 378 g/mol. The fraction of sp³-hybridized carbons (Fsp3) is 0.350. The fourth-order valence-corrected chi connectivity index (χ4v) is 3.98. The van der Waals surface area contributed by atoms with Crippen LogP contribution in [0.5, 0.6) is 0 Å². The third kappa shape index (κ3) is 3.10. The predicted octanol–water partition coefficient (Wildman–Crippen LogP) is 3.13. The molecule has 0 saturated heterocycles. The van der Waals surface area contributed by atoms with Gasteiger partial charge in [0, 0.05) is 18.3 Å². The molecule has 146 valence electrons. The van der Waals surface area contributed by atoms with Crippen molar-refractivity contribution < 1.29 is 9.53 Å². The van der Waals surface area contributed by atoms with Gasteiger partial charge in [0.15, 0.2) is 0 Å². The van der Waals surface area contributed by atoms with E-state index in [9.17, 15) is 4.79 Å². The number of amides is 1. The summed E-state index contributed by atoms with van der Waals surface area (Å²) in [7, 11) is 1.89. The summed E-state index contributed by atoms with van der Waals surface area (Å²) in [6, 6.07) is 5.45. The van der Waals surface area contributed by atoms with E-state index in [1.54, 1.807) is 12.5 Å². The number of nitrogens with zero attached hydrogens (tertiary/aromatic N) is 4. The predicted molar refractivity (Wildman–Crippen MR) is 106 cm³/mol. The maximum atomic E-state index is 12.8. The van der Waals surface area contributed by atoms with Crippen LogP contribution in [0.1, 0.15) is 46.0 Å². The molecule has 3 heterocycles. The van der Waals surface area contributed by atoms with Crippen molar-refractivity contribution in [2.24, 2.45) is 7.05 Å². The number of aromatic nitrogens is 4. The molecule has 0 aliphatic carbocycles. The van der Waals surface area contributed by atoms with Crippen LogP contribution < -0.4 is 5.32 Å². The number of rotatable bonds is 4. The molecule has 8 heteroatoms. The van der Waals surface area contributed by atoms with Gasteiger partial charge in [0.2, 0.25) is 0 Å². The van der Waals surface area contributed by atoms with Crippen molar-refractivity contribution in [3.63, 3.8) is 0 Å². The van der Waals surface area contributed by atoms with Gasteiger partial charge < -0.3 is 14.6 Å². The van der Waals surface area contributed by atoms with Gasteiger partial charge in [0.25, 0.3) is 5.91 Å². The van der Waals surface area contributed by atoms with Gasteiger partial charge in [-0.05, 0) is 25.0 Å². The molecule has 0 fully saturated rings. The third-order valence-electron chi connectivity index (χ3n) is 5.11. The maximum Gasteiger partial charge on any atom is 0.272 e. The SMILES string of the molecule is CCc1c(C(=O)N[C@H]2COCc3c2cnn3-c2c(C)cccc2Cl)ncn1C. The number of benzene rings is 1. The number of halogens is 1. The van der Waals surface area contributed by atoms with Crippen LogP contribution >= 0.6 is 11.6 Å². The zero-order valence-electron chi connectivity index (χ0n) is 16.1. The summed E-state index contributed by atoms with van der Waals surface area (Å²) in [5.74, 6) is -0.208. The van der Waals surface area contributed by atoms with E-state index in [1.807, 2.05) is 48.3 Å². The number of hydrogen-bond acceptors (Lipinski definition) is 4. The molecule has 1 aliphatic rings. The largest absolute Gasteiger partial charge is 0.373 e. The van der Waals surface area contributed by atoms with Crippen LogP contribution in [0.25, 0.3) is 5.69 Å². The summed E-state index contributed by atoms with van der Waals surface area (Å²) in [5.41, 5.74) is 5.03. The number of carbonyl (C=O) groups excluding carboxylic acids is 1. The lowest BCUT2D eigenvalue weighted by atomic mass is 10.1. The molecule has 1 aromatic carbocycles. The smallest absolute Gasteiger partial charge is 0.272 e. The highest BCUT2D eigenvalue weighted by Crippen LogP contribution is 2.31. The number of hydrogen-bond donors (Lipinski definition) is 1. The van der Waals surface area contributed by atoms with E-state index in [1.165, 1.54) is 0 Å². The zero-order valence-corrected chi connectivity index (χ0v) is 16.8. The monoisotopic (exact) mass is 399 g/mol. The number of aryl methyl sites for hydroxylation is 2. The van der Waals surface area contributed by atoms with Gasteiger partial charge in [-0.25, -0.2) is 9.67 Å². The first kappa shape index (κ1) is 18.7. The van der Waals surface area contributed by atoms with Crippen LogP contribution in [0.15, 0.2) is 30.7 Å². The van der Waals surface area contributed by atoms with Crippen LogP contribution in [0.3, 0.4) is 0 Å². The van der Waals surface area contributed by atoms with Crippen LogP contribution in [-0.2, 0) is 24.8 Å². The summed E-state index contributed by atoms with van der Waals surface area (Å²) in [5, 5.41) is 8.21. The van der Waals surface area contributed by atoms with Crippen molar-refractivity contribution in [2.45, 2.75) is 32.9 Å². The summed E-state index contributed by atoms with van der Waals surface area (Å²) in [6.07, 6.45) is 4.18. The standard InChI is InChI=1S/C20H22ClN5O2/c1-4-16-18(22-11-25(16)3)20(27)24-15-9-28-10-17-13(15)8-23-26(17)19-12(2)6-5-7-14(19)21/h5-8,11,15H,4,9-10H2,1-3H3,(H,24,27)/t15-/m0/s1. The van der Waals surface area contributed by atoms with Crippen LogP contribution in [0, 0.1) is 6.92 Å². The van der Waals surface area contributed by atoms with Gasteiger partial charge in [-0.15, -0.1) is 0 Å². The van der Waals surface area contributed by atoms with Gasteiger partial charge in [0.1, 0.15) is 5.69 Å². The number of fused-ring (bicyclic) bond motifs is 1. The molecule has 28 heavy (non-hydrogen) atoms. The summed E-state index contributed by atoms with van der Waals surface area (Å²) >= 11 is 6.42. The normalized spacial score (nSPS) is 16.1. The topological polar surface area (TPSA) is 74.0 Å². The number of nitrogens with one attached hydrogen (secondary N) is 1. The Hall–Kier alpha value is -2.64. The molecule has 1 atom stereocenters. The van der Waals surface area contributed by atoms with Gasteiger partial charge in [0.05, 0.1) is 48.2 Å². The first-order valence-corrected chi connectivity index (χ1v) is 9.60. The number of para-hydroxylation sites is 1. The molecule has 2 aromatic heterocycles. The molecule has 0 saturated carbocycles. The van der Waals surface area contributed by atoms with E-state index in [0.717, 1.165) is 34.6 Å². The van der Waals surface area contributed by atoms with Gasteiger partial charge in [-0.1, -0.05) is 30.7 Å². The highest BCUT2D eigenvalue weighted by molar-refractivity contribution is 6.32. The molecule has 1 amide bonds. The lowest BCUT2D eigenvalue weighted by Crippen LogP contribution is -2.35. The van der Waals surface area contributed by atoms with Crippen molar-refractivity contribution in [3.8, 4) is 5.69 Å². The number of imidazole rings is 1. The molecule has 4 rings (SSSR count). The number of ether oxygens (including phenoxy) is 1. The molecule has 1 aliphatic heterocycles. The Bertz CT molecular complexity index is 1020. The van der Waals surface area contributed by atoms with Crippen molar-refractivity contribution >= 4 is 17.5 Å². The Balaban J connectivity index is 1.65. The summed E-state index contributed by atoms with van der Waals surface area (Å²) in [4.78, 5) is 17.1. The summed E-state index contributed by atoms with van der Waals surface area (Å²) < 4.78 is 9.44. The lowest BCUT2D eigenvalue weighted by Gasteiger charge is -2.25. The van der Waals surface area contributed by atoms with E-state index in [2.05, 4.69) is 15.4 Å².